The molecule has 0 aliphatic heterocycles. The molecular formula is C10H9O3. The molecule has 0 saturated carbocycles. The fraction of sp³-hybridized carbons (Fsp3) is 0.100. The Balaban J connectivity index is 2.54. The number of aliphatic carboxylic acids is 1. The molecule has 1 aromatic rings. The first-order valence-corrected chi connectivity index (χ1v) is 3.84. The van der Waals surface area contributed by atoms with Gasteiger partial charge in [0.25, 0.3) is 0 Å². The summed E-state index contributed by atoms with van der Waals surface area (Å²) < 4.78 is 0. The van der Waals surface area contributed by atoms with Crippen molar-refractivity contribution in [2.45, 2.75) is 6.42 Å². The SMILES string of the molecule is O=C(O)[CH]CC(=O)c1ccccc1. The van der Waals surface area contributed by atoms with Crippen LogP contribution in [0.15, 0.2) is 30.3 Å². The number of carbonyl (C=O) groups excluding carboxylic acids is 1. The molecular weight excluding hydrogens is 168 g/mol. The lowest BCUT2D eigenvalue weighted by atomic mass is 10.1. The molecule has 0 aliphatic carbocycles. The Morgan fingerprint density at radius 1 is 1.23 bits per heavy atom. The molecule has 3 nitrogen and oxygen atoms in total. The minimum absolute atomic E-state index is 0.0562. The van der Waals surface area contributed by atoms with Crippen LogP contribution in [0.25, 0.3) is 0 Å². The Kier molecular flexibility index (Phi) is 3.20. The van der Waals surface area contributed by atoms with Crippen molar-refractivity contribution in [2.75, 3.05) is 0 Å². The standard InChI is InChI=1S/C10H9O3/c11-9(6-7-10(12)13)8-4-2-1-3-5-8/h1-5,7H,6H2,(H,12,13). The van der Waals surface area contributed by atoms with Gasteiger partial charge in [-0.15, -0.1) is 0 Å². The lowest BCUT2D eigenvalue weighted by Crippen LogP contribution is -2.04. The number of carboxylic acids is 1. The first-order valence-electron chi connectivity index (χ1n) is 3.84. The molecule has 0 spiro atoms. The highest BCUT2D eigenvalue weighted by Gasteiger charge is 2.07. The number of benzene rings is 1. The van der Waals surface area contributed by atoms with Crippen LogP contribution in [-0.2, 0) is 4.79 Å². The molecule has 0 fully saturated rings. The molecule has 0 saturated heterocycles. The maximum atomic E-state index is 11.3. The summed E-state index contributed by atoms with van der Waals surface area (Å²) >= 11 is 0. The molecule has 1 radical (unpaired) electrons. The molecule has 1 rings (SSSR count). The van der Waals surface area contributed by atoms with E-state index in [0.717, 1.165) is 6.42 Å². The van der Waals surface area contributed by atoms with Gasteiger partial charge in [-0.3, -0.25) is 9.59 Å². The van der Waals surface area contributed by atoms with E-state index >= 15 is 0 Å². The quantitative estimate of drug-likeness (QED) is 0.710. The fourth-order valence-electron chi connectivity index (χ4n) is 0.922. The van der Waals surface area contributed by atoms with Crippen LogP contribution in [0.5, 0.6) is 0 Å². The zero-order chi connectivity index (χ0) is 9.68. The molecule has 0 bridgehead atoms. The molecule has 0 heterocycles. The molecule has 0 amide bonds. The van der Waals surface area contributed by atoms with Crippen molar-refractivity contribution < 1.29 is 14.7 Å². The monoisotopic (exact) mass is 177 g/mol. The first-order chi connectivity index (χ1) is 6.20. The van der Waals surface area contributed by atoms with Gasteiger partial charge in [0, 0.05) is 12.0 Å². The minimum Gasteiger partial charge on any atom is -0.481 e. The molecule has 3 heteroatoms. The summed E-state index contributed by atoms with van der Waals surface area (Å²) in [6, 6.07) is 8.62. The van der Waals surface area contributed by atoms with Gasteiger partial charge in [0.1, 0.15) is 0 Å². The van der Waals surface area contributed by atoms with Crippen LogP contribution in [0.1, 0.15) is 16.8 Å². The van der Waals surface area contributed by atoms with Crippen LogP contribution in [-0.4, -0.2) is 16.9 Å². The van der Waals surface area contributed by atoms with E-state index in [-0.39, 0.29) is 12.2 Å². The van der Waals surface area contributed by atoms with Crippen LogP contribution in [0, 0.1) is 6.42 Å². The summed E-state index contributed by atoms with van der Waals surface area (Å²) in [4.78, 5) is 21.4. The number of hydrogen-bond acceptors (Lipinski definition) is 2. The number of carbonyl (C=O) groups is 2. The van der Waals surface area contributed by atoms with Crippen LogP contribution >= 0.6 is 0 Å². The smallest absolute Gasteiger partial charge is 0.307 e. The van der Waals surface area contributed by atoms with Crippen molar-refractivity contribution >= 4 is 11.8 Å². The largest absolute Gasteiger partial charge is 0.481 e. The second kappa shape index (κ2) is 4.40. The highest BCUT2D eigenvalue weighted by atomic mass is 16.4. The van der Waals surface area contributed by atoms with E-state index in [4.69, 9.17) is 5.11 Å². The van der Waals surface area contributed by atoms with Crippen molar-refractivity contribution in [3.05, 3.63) is 42.3 Å². The average Bonchev–Trinajstić information content (AvgIpc) is 2.15. The van der Waals surface area contributed by atoms with Gasteiger partial charge in [0.2, 0.25) is 0 Å². The molecule has 1 aromatic carbocycles. The number of hydrogen-bond donors (Lipinski definition) is 1. The molecule has 0 atom stereocenters. The fourth-order valence-corrected chi connectivity index (χ4v) is 0.922. The Morgan fingerprint density at radius 3 is 2.38 bits per heavy atom. The van der Waals surface area contributed by atoms with E-state index in [1.54, 1.807) is 30.3 Å². The number of Topliss-reactive ketones (excluding diaryl/α,β-unsaturated/α-hetero) is 1. The summed E-state index contributed by atoms with van der Waals surface area (Å²) in [7, 11) is 0. The molecule has 0 unspecified atom stereocenters. The predicted molar refractivity (Wildman–Crippen MR) is 47.3 cm³/mol. The Morgan fingerprint density at radius 2 is 1.85 bits per heavy atom. The summed E-state index contributed by atoms with van der Waals surface area (Å²) in [5.41, 5.74) is 0.542. The van der Waals surface area contributed by atoms with Crippen molar-refractivity contribution in [3.8, 4) is 0 Å². The zero-order valence-corrected chi connectivity index (χ0v) is 6.93. The summed E-state index contributed by atoms with van der Waals surface area (Å²) in [5, 5.41) is 8.30. The topological polar surface area (TPSA) is 54.4 Å². The molecule has 0 aliphatic rings. The van der Waals surface area contributed by atoms with Gasteiger partial charge in [0.15, 0.2) is 5.78 Å². The normalized spacial score (nSPS) is 9.54. The zero-order valence-electron chi connectivity index (χ0n) is 6.93. The van der Waals surface area contributed by atoms with E-state index in [0.29, 0.717) is 5.56 Å². The third-order valence-electron chi connectivity index (χ3n) is 1.56. The molecule has 0 aromatic heterocycles. The van der Waals surface area contributed by atoms with Gasteiger partial charge in [-0.05, 0) is 0 Å². The Hall–Kier alpha value is -1.64. The van der Waals surface area contributed by atoms with Gasteiger partial charge in [-0.1, -0.05) is 30.3 Å². The van der Waals surface area contributed by atoms with E-state index in [1.807, 2.05) is 0 Å². The summed E-state index contributed by atoms with van der Waals surface area (Å²) in [6.07, 6.45) is 0.897. The van der Waals surface area contributed by atoms with E-state index < -0.39 is 5.97 Å². The van der Waals surface area contributed by atoms with Crippen LogP contribution in [0.2, 0.25) is 0 Å². The highest BCUT2D eigenvalue weighted by molar-refractivity contribution is 5.99. The van der Waals surface area contributed by atoms with Gasteiger partial charge in [-0.2, -0.15) is 0 Å². The van der Waals surface area contributed by atoms with Gasteiger partial charge in [-0.25, -0.2) is 0 Å². The maximum Gasteiger partial charge on any atom is 0.307 e. The first kappa shape index (κ1) is 9.45. The van der Waals surface area contributed by atoms with E-state index in [1.165, 1.54) is 0 Å². The lowest BCUT2D eigenvalue weighted by molar-refractivity contribution is -0.133. The molecule has 67 valence electrons. The average molecular weight is 177 g/mol. The maximum absolute atomic E-state index is 11.3. The van der Waals surface area contributed by atoms with Gasteiger partial charge < -0.3 is 5.11 Å². The third kappa shape index (κ3) is 3.07. The van der Waals surface area contributed by atoms with Crippen LogP contribution in [0.3, 0.4) is 0 Å². The van der Waals surface area contributed by atoms with E-state index in [9.17, 15) is 9.59 Å². The van der Waals surface area contributed by atoms with Crippen molar-refractivity contribution in [2.24, 2.45) is 0 Å². The van der Waals surface area contributed by atoms with E-state index in [2.05, 4.69) is 0 Å². The number of rotatable bonds is 4. The van der Waals surface area contributed by atoms with Crippen molar-refractivity contribution in [1.82, 2.24) is 0 Å². The van der Waals surface area contributed by atoms with Crippen molar-refractivity contribution in [1.29, 1.82) is 0 Å². The Labute approximate surface area is 76.0 Å². The lowest BCUT2D eigenvalue weighted by Gasteiger charge is -1.96. The summed E-state index contributed by atoms with van der Waals surface area (Å²) in [5.74, 6) is -1.24. The van der Waals surface area contributed by atoms with Gasteiger partial charge in [0.05, 0.1) is 6.42 Å². The highest BCUT2D eigenvalue weighted by Crippen LogP contribution is 2.03. The second-order valence-electron chi connectivity index (χ2n) is 2.54. The molecule has 1 N–H and O–H groups in total. The van der Waals surface area contributed by atoms with Gasteiger partial charge >= 0.3 is 5.97 Å². The third-order valence-corrected chi connectivity index (χ3v) is 1.56. The Bertz CT molecular complexity index is 303. The van der Waals surface area contributed by atoms with Crippen LogP contribution in [0.4, 0.5) is 0 Å². The summed E-state index contributed by atoms with van der Waals surface area (Å²) in [6.45, 7) is 0. The number of ketones is 1. The van der Waals surface area contributed by atoms with Crippen LogP contribution < -0.4 is 0 Å². The predicted octanol–water partition coefficient (Wildman–Crippen LogP) is 1.55. The second-order valence-corrected chi connectivity index (χ2v) is 2.54. The number of carboxylic acid groups (broad SMARTS) is 1. The van der Waals surface area contributed by atoms with Crippen molar-refractivity contribution in [3.63, 3.8) is 0 Å². The molecule has 13 heavy (non-hydrogen) atoms. The minimum atomic E-state index is -1.07.